The van der Waals surface area contributed by atoms with Crippen LogP contribution in [0.5, 0.6) is 0 Å². The lowest BCUT2D eigenvalue weighted by atomic mass is 10.1. The maximum absolute atomic E-state index is 12.2. The summed E-state index contributed by atoms with van der Waals surface area (Å²) in [5.74, 6) is -2.63. The van der Waals surface area contributed by atoms with E-state index in [-0.39, 0.29) is 17.3 Å². The minimum atomic E-state index is -1.28. The maximum Gasteiger partial charge on any atom is 0.180 e. The molecule has 0 bridgehead atoms. The van der Waals surface area contributed by atoms with Crippen LogP contribution in [-0.2, 0) is 4.79 Å². The summed E-state index contributed by atoms with van der Waals surface area (Å²) >= 11 is 1.14. The molecule has 0 saturated carbocycles. The highest BCUT2D eigenvalue weighted by Crippen LogP contribution is 2.33. The van der Waals surface area contributed by atoms with Gasteiger partial charge in [-0.1, -0.05) is 24.3 Å². The predicted octanol–water partition coefficient (Wildman–Crippen LogP) is -0.0544. The molecule has 0 spiro atoms. The van der Waals surface area contributed by atoms with E-state index in [1.807, 2.05) is 0 Å². The monoisotopic (exact) mass is 274 g/mol. The fourth-order valence-electron chi connectivity index (χ4n) is 2.24. The Kier molecular flexibility index (Phi) is 2.74. The van der Waals surface area contributed by atoms with Gasteiger partial charge in [-0.3, -0.25) is 14.6 Å². The SMILES string of the molecule is O=C1c2ccccc2C(=O)C1C1=N[C@@H](C(=O)[O-])CS1. The number of aliphatic carboxylic acids is 1. The van der Waals surface area contributed by atoms with Crippen molar-refractivity contribution >= 4 is 34.3 Å². The maximum atomic E-state index is 12.2. The van der Waals surface area contributed by atoms with E-state index in [1.54, 1.807) is 24.3 Å². The molecule has 6 heteroatoms. The molecule has 5 nitrogen and oxygen atoms in total. The van der Waals surface area contributed by atoms with Crippen molar-refractivity contribution in [3.63, 3.8) is 0 Å². The van der Waals surface area contributed by atoms with E-state index in [0.717, 1.165) is 11.8 Å². The number of ketones is 2. The molecule has 0 fully saturated rings. The first-order valence-electron chi connectivity index (χ1n) is 5.68. The normalized spacial score (nSPS) is 22.5. The van der Waals surface area contributed by atoms with Crippen LogP contribution in [0.3, 0.4) is 0 Å². The van der Waals surface area contributed by atoms with E-state index in [1.165, 1.54) is 0 Å². The molecule has 1 aromatic rings. The number of carbonyl (C=O) groups is 3. The van der Waals surface area contributed by atoms with Gasteiger partial charge in [0.2, 0.25) is 0 Å². The lowest BCUT2D eigenvalue weighted by Crippen LogP contribution is -2.34. The van der Waals surface area contributed by atoms with Crippen LogP contribution in [0, 0.1) is 5.92 Å². The number of rotatable bonds is 2. The molecule has 3 rings (SSSR count). The van der Waals surface area contributed by atoms with Crippen LogP contribution in [0.25, 0.3) is 0 Å². The smallest absolute Gasteiger partial charge is 0.180 e. The second kappa shape index (κ2) is 4.31. The number of thioether (sulfide) groups is 1. The second-order valence-corrected chi connectivity index (χ2v) is 5.36. The van der Waals surface area contributed by atoms with E-state index in [9.17, 15) is 19.5 Å². The van der Waals surface area contributed by atoms with Crippen molar-refractivity contribution in [2.75, 3.05) is 5.75 Å². The van der Waals surface area contributed by atoms with Gasteiger partial charge in [0, 0.05) is 16.9 Å². The first-order chi connectivity index (χ1) is 9.09. The zero-order valence-corrected chi connectivity index (χ0v) is 10.5. The number of hydrogen-bond donors (Lipinski definition) is 0. The Balaban J connectivity index is 1.97. The number of fused-ring (bicyclic) bond motifs is 1. The van der Waals surface area contributed by atoms with E-state index >= 15 is 0 Å². The predicted molar refractivity (Wildman–Crippen MR) is 67.3 cm³/mol. The van der Waals surface area contributed by atoms with Crippen LogP contribution in [-0.4, -0.2) is 34.4 Å². The molecule has 0 radical (unpaired) electrons. The molecule has 0 amide bonds. The number of aliphatic imine (C=N–C) groups is 1. The number of nitrogens with zero attached hydrogens (tertiary/aromatic N) is 1. The standard InChI is InChI=1S/C13H9NO4S/c15-10-6-3-1-2-4-7(6)11(16)9(10)12-14-8(5-19-12)13(17)18/h1-4,8-9H,5H2,(H,17,18)/p-1/t8-/m1/s1. The van der Waals surface area contributed by atoms with Crippen molar-refractivity contribution < 1.29 is 19.5 Å². The molecule has 1 heterocycles. The van der Waals surface area contributed by atoms with Crippen molar-refractivity contribution in [2.24, 2.45) is 10.9 Å². The molecule has 1 atom stereocenters. The third-order valence-corrected chi connectivity index (χ3v) is 4.29. The summed E-state index contributed by atoms with van der Waals surface area (Å²) in [4.78, 5) is 39.1. The highest BCUT2D eigenvalue weighted by molar-refractivity contribution is 8.14. The van der Waals surface area contributed by atoms with Crippen molar-refractivity contribution in [1.82, 2.24) is 0 Å². The molecule has 1 aromatic carbocycles. The number of hydrogen-bond acceptors (Lipinski definition) is 6. The Bertz CT molecular complexity index is 602. The molecule has 1 aliphatic heterocycles. The quantitative estimate of drug-likeness (QED) is 0.705. The Morgan fingerprint density at radius 1 is 1.21 bits per heavy atom. The summed E-state index contributed by atoms with van der Waals surface area (Å²) in [5.41, 5.74) is 0.774. The van der Waals surface area contributed by atoms with Crippen LogP contribution < -0.4 is 5.11 Å². The van der Waals surface area contributed by atoms with Crippen LogP contribution in [0.15, 0.2) is 29.3 Å². The highest BCUT2D eigenvalue weighted by atomic mass is 32.2. The van der Waals surface area contributed by atoms with Gasteiger partial charge in [-0.05, 0) is 0 Å². The highest BCUT2D eigenvalue weighted by Gasteiger charge is 2.43. The molecule has 96 valence electrons. The van der Waals surface area contributed by atoms with Crippen molar-refractivity contribution in [3.8, 4) is 0 Å². The number of carboxylic acid groups (broad SMARTS) is 1. The fraction of sp³-hybridized carbons (Fsp3) is 0.231. The van der Waals surface area contributed by atoms with E-state index in [2.05, 4.69) is 4.99 Å². The minimum absolute atomic E-state index is 0.213. The molecule has 2 aliphatic rings. The Labute approximate surface area is 112 Å². The number of benzene rings is 1. The average Bonchev–Trinajstić information content (AvgIpc) is 2.96. The van der Waals surface area contributed by atoms with E-state index < -0.39 is 17.9 Å². The molecular weight excluding hydrogens is 266 g/mol. The summed E-state index contributed by atoms with van der Waals surface area (Å²) in [6.07, 6.45) is 0. The zero-order valence-electron chi connectivity index (χ0n) is 9.66. The van der Waals surface area contributed by atoms with Crippen molar-refractivity contribution in [3.05, 3.63) is 35.4 Å². The van der Waals surface area contributed by atoms with Gasteiger partial charge in [0.05, 0.1) is 17.1 Å². The van der Waals surface area contributed by atoms with Crippen LogP contribution >= 0.6 is 11.8 Å². The fourth-order valence-corrected chi connectivity index (χ4v) is 3.36. The van der Waals surface area contributed by atoms with Gasteiger partial charge in [-0.15, -0.1) is 11.8 Å². The number of Topliss-reactive ketones (excluding diaryl/α,β-unsaturated/α-hetero) is 2. The van der Waals surface area contributed by atoms with Crippen molar-refractivity contribution in [2.45, 2.75) is 6.04 Å². The summed E-state index contributed by atoms with van der Waals surface area (Å²) in [7, 11) is 0. The topological polar surface area (TPSA) is 86.6 Å². The van der Waals surface area contributed by atoms with Gasteiger partial charge in [0.1, 0.15) is 5.92 Å². The van der Waals surface area contributed by atoms with Crippen LogP contribution in [0.1, 0.15) is 20.7 Å². The van der Waals surface area contributed by atoms with Crippen molar-refractivity contribution in [1.29, 1.82) is 0 Å². The lowest BCUT2D eigenvalue weighted by Gasteiger charge is -2.05. The lowest BCUT2D eigenvalue weighted by molar-refractivity contribution is -0.306. The van der Waals surface area contributed by atoms with Gasteiger partial charge in [-0.25, -0.2) is 0 Å². The van der Waals surface area contributed by atoms with Gasteiger partial charge in [0.15, 0.2) is 11.6 Å². The Morgan fingerprint density at radius 2 is 1.79 bits per heavy atom. The Morgan fingerprint density at radius 3 is 2.26 bits per heavy atom. The van der Waals surface area contributed by atoms with Gasteiger partial charge >= 0.3 is 0 Å². The summed E-state index contributed by atoms with van der Waals surface area (Å²) in [5, 5.41) is 11.0. The average molecular weight is 274 g/mol. The molecule has 0 unspecified atom stereocenters. The third-order valence-electron chi connectivity index (χ3n) is 3.17. The first kappa shape index (κ1) is 12.1. The third kappa shape index (κ3) is 1.79. The van der Waals surface area contributed by atoms with Gasteiger partial charge < -0.3 is 9.90 Å². The molecule has 1 aliphatic carbocycles. The summed E-state index contributed by atoms with van der Waals surface area (Å²) in [6, 6.07) is 5.63. The minimum Gasteiger partial charge on any atom is -0.548 e. The van der Waals surface area contributed by atoms with Gasteiger partial charge in [-0.2, -0.15) is 0 Å². The second-order valence-electron chi connectivity index (χ2n) is 4.32. The van der Waals surface area contributed by atoms with E-state index in [4.69, 9.17) is 0 Å². The molecule has 0 N–H and O–H groups in total. The summed E-state index contributed by atoms with van der Waals surface area (Å²) < 4.78 is 0. The molecular formula is C13H8NO4S-. The largest absolute Gasteiger partial charge is 0.548 e. The molecule has 19 heavy (non-hydrogen) atoms. The summed E-state index contributed by atoms with van der Waals surface area (Å²) in [6.45, 7) is 0. The Hall–Kier alpha value is -1.95. The zero-order chi connectivity index (χ0) is 13.6. The molecule has 0 saturated heterocycles. The van der Waals surface area contributed by atoms with Crippen LogP contribution in [0.4, 0.5) is 0 Å². The number of carboxylic acids is 1. The van der Waals surface area contributed by atoms with E-state index in [0.29, 0.717) is 16.2 Å². The van der Waals surface area contributed by atoms with Crippen LogP contribution in [0.2, 0.25) is 0 Å². The molecule has 0 aromatic heterocycles. The number of carbonyl (C=O) groups excluding carboxylic acids is 3. The van der Waals surface area contributed by atoms with Gasteiger partial charge in [0.25, 0.3) is 0 Å². The first-order valence-corrected chi connectivity index (χ1v) is 6.67.